The number of ether oxygens (including phenoxy) is 1. The van der Waals surface area contributed by atoms with Crippen molar-refractivity contribution in [2.24, 2.45) is 0 Å². The van der Waals surface area contributed by atoms with Crippen molar-refractivity contribution in [2.75, 3.05) is 13.6 Å². The number of aryl methyl sites for hydroxylation is 2. The van der Waals surface area contributed by atoms with Gasteiger partial charge in [-0.1, -0.05) is 42.5 Å². The van der Waals surface area contributed by atoms with Gasteiger partial charge in [-0.05, 0) is 49.6 Å². The van der Waals surface area contributed by atoms with E-state index in [0.717, 1.165) is 23.3 Å². The summed E-state index contributed by atoms with van der Waals surface area (Å²) < 4.78 is 6.29. The topological polar surface area (TPSA) is 41.5 Å². The van der Waals surface area contributed by atoms with Crippen molar-refractivity contribution in [2.45, 2.75) is 31.5 Å². The largest absolute Gasteiger partial charge is 0.482 e. The Hall–Kier alpha value is -1.84. The molecule has 2 N–H and O–H groups in total. The molecule has 0 saturated heterocycles. The molecule has 0 fully saturated rings. The fourth-order valence-corrected chi connectivity index (χ4v) is 3.27. The summed E-state index contributed by atoms with van der Waals surface area (Å²) in [4.78, 5) is 0. The molecule has 0 heterocycles. The zero-order valence-electron chi connectivity index (χ0n) is 13.2. The van der Waals surface area contributed by atoms with Crippen LogP contribution in [0, 0.1) is 6.92 Å². The number of rotatable bonds is 4. The maximum Gasteiger partial charge on any atom is 0.154 e. The minimum atomic E-state index is -0.897. The second-order valence-electron chi connectivity index (χ2n) is 6.10. The van der Waals surface area contributed by atoms with Crippen LogP contribution in [0.15, 0.2) is 48.5 Å². The van der Waals surface area contributed by atoms with Crippen LogP contribution in [0.3, 0.4) is 0 Å². The number of aliphatic hydroxyl groups is 1. The van der Waals surface area contributed by atoms with Gasteiger partial charge in [-0.2, -0.15) is 0 Å². The Balaban J connectivity index is 2.01. The van der Waals surface area contributed by atoms with Crippen molar-refractivity contribution in [3.05, 3.63) is 65.2 Å². The van der Waals surface area contributed by atoms with Crippen LogP contribution < -0.4 is 10.1 Å². The molecule has 1 aliphatic carbocycles. The Labute approximate surface area is 131 Å². The molecule has 2 atom stereocenters. The van der Waals surface area contributed by atoms with E-state index in [1.165, 1.54) is 5.56 Å². The molecule has 0 radical (unpaired) electrons. The third-order valence-corrected chi connectivity index (χ3v) is 4.47. The highest BCUT2D eigenvalue weighted by atomic mass is 16.5. The van der Waals surface area contributed by atoms with Gasteiger partial charge < -0.3 is 15.2 Å². The molecule has 116 valence electrons. The third-order valence-electron chi connectivity index (χ3n) is 4.47. The minimum absolute atomic E-state index is 0.356. The van der Waals surface area contributed by atoms with Crippen molar-refractivity contribution in [3.8, 4) is 5.75 Å². The molecule has 0 unspecified atom stereocenters. The van der Waals surface area contributed by atoms with E-state index in [9.17, 15) is 5.11 Å². The van der Waals surface area contributed by atoms with E-state index in [4.69, 9.17) is 4.74 Å². The zero-order chi connectivity index (χ0) is 15.6. The van der Waals surface area contributed by atoms with Crippen LogP contribution in [0.4, 0.5) is 0 Å². The molecule has 0 amide bonds. The van der Waals surface area contributed by atoms with E-state index in [-0.39, 0.29) is 6.10 Å². The first kappa shape index (κ1) is 15.1. The highest BCUT2D eigenvalue weighted by Crippen LogP contribution is 2.40. The van der Waals surface area contributed by atoms with Crippen LogP contribution in [-0.2, 0) is 6.42 Å². The van der Waals surface area contributed by atoms with Crippen LogP contribution in [-0.4, -0.2) is 24.3 Å². The molecule has 22 heavy (non-hydrogen) atoms. The van der Waals surface area contributed by atoms with E-state index >= 15 is 0 Å². The summed E-state index contributed by atoms with van der Waals surface area (Å²) in [5.41, 5.74) is 2.54. The molecular weight excluding hydrogens is 274 g/mol. The third kappa shape index (κ3) is 2.74. The average molecular weight is 297 g/mol. The molecule has 0 bridgehead atoms. The number of para-hydroxylation sites is 1. The fourth-order valence-electron chi connectivity index (χ4n) is 3.27. The Morgan fingerprint density at radius 1 is 1.18 bits per heavy atom. The fraction of sp³-hybridized carbons (Fsp3) is 0.368. The summed E-state index contributed by atoms with van der Waals surface area (Å²) in [6.45, 7) is 2.54. The Kier molecular flexibility index (Phi) is 4.19. The van der Waals surface area contributed by atoms with Crippen LogP contribution in [0.25, 0.3) is 0 Å². The Bertz CT molecular complexity index is 655. The van der Waals surface area contributed by atoms with E-state index < -0.39 is 5.60 Å². The van der Waals surface area contributed by atoms with E-state index in [1.54, 1.807) is 0 Å². The first-order valence-corrected chi connectivity index (χ1v) is 7.81. The molecule has 2 aromatic rings. The molecule has 3 rings (SSSR count). The maximum atomic E-state index is 11.1. The predicted octanol–water partition coefficient (Wildman–Crippen LogP) is 3.01. The summed E-state index contributed by atoms with van der Waals surface area (Å²) in [6.07, 6.45) is 1.22. The lowest BCUT2D eigenvalue weighted by atomic mass is 9.77. The summed E-state index contributed by atoms with van der Waals surface area (Å²) in [5.74, 6) is 0.832. The smallest absolute Gasteiger partial charge is 0.154 e. The van der Waals surface area contributed by atoms with Gasteiger partial charge >= 0.3 is 0 Å². The number of benzene rings is 2. The van der Waals surface area contributed by atoms with Crippen molar-refractivity contribution in [3.63, 3.8) is 0 Å². The summed E-state index contributed by atoms with van der Waals surface area (Å²) >= 11 is 0. The van der Waals surface area contributed by atoms with E-state index in [0.29, 0.717) is 13.0 Å². The zero-order valence-corrected chi connectivity index (χ0v) is 13.2. The lowest BCUT2D eigenvalue weighted by Gasteiger charge is -2.41. The van der Waals surface area contributed by atoms with Gasteiger partial charge in [0.2, 0.25) is 0 Å². The first-order chi connectivity index (χ1) is 10.6. The summed E-state index contributed by atoms with van der Waals surface area (Å²) in [7, 11) is 1.86. The minimum Gasteiger partial charge on any atom is -0.482 e. The molecule has 0 aromatic heterocycles. The molecule has 2 aromatic carbocycles. The van der Waals surface area contributed by atoms with Gasteiger partial charge in [-0.15, -0.1) is 0 Å². The highest BCUT2D eigenvalue weighted by Gasteiger charge is 2.43. The monoisotopic (exact) mass is 297 g/mol. The quantitative estimate of drug-likeness (QED) is 0.911. The van der Waals surface area contributed by atoms with Crippen molar-refractivity contribution < 1.29 is 9.84 Å². The van der Waals surface area contributed by atoms with Gasteiger partial charge in [0.1, 0.15) is 11.4 Å². The van der Waals surface area contributed by atoms with Crippen LogP contribution in [0.5, 0.6) is 5.75 Å². The molecule has 0 spiro atoms. The molecule has 3 nitrogen and oxygen atoms in total. The van der Waals surface area contributed by atoms with Crippen LogP contribution in [0.2, 0.25) is 0 Å². The van der Waals surface area contributed by atoms with Gasteiger partial charge in [0.15, 0.2) is 6.10 Å². The van der Waals surface area contributed by atoms with Crippen LogP contribution in [0.1, 0.15) is 29.2 Å². The van der Waals surface area contributed by atoms with Gasteiger partial charge in [-0.25, -0.2) is 0 Å². The maximum absolute atomic E-state index is 11.1. The lowest BCUT2D eigenvalue weighted by Crippen LogP contribution is -2.49. The van der Waals surface area contributed by atoms with Gasteiger partial charge in [0, 0.05) is 6.54 Å². The summed E-state index contributed by atoms with van der Waals surface area (Å²) in [6, 6.07) is 16.2. The number of fused-ring (bicyclic) bond motifs is 1. The van der Waals surface area contributed by atoms with Crippen molar-refractivity contribution in [1.82, 2.24) is 5.32 Å². The lowest BCUT2D eigenvalue weighted by molar-refractivity contribution is -0.0735. The van der Waals surface area contributed by atoms with E-state index in [2.05, 4.69) is 17.4 Å². The summed E-state index contributed by atoms with van der Waals surface area (Å²) in [5, 5.41) is 14.3. The highest BCUT2D eigenvalue weighted by molar-refractivity contribution is 5.38. The van der Waals surface area contributed by atoms with E-state index in [1.807, 2.05) is 50.4 Å². The van der Waals surface area contributed by atoms with Crippen LogP contribution >= 0.6 is 0 Å². The standard InChI is InChI=1S/C19H23NO2/c1-14-7-3-6-10-17(14)22-18-16-9-5-4-8-15(16)11-12-19(18,21)13-20-2/h3-10,18,20-21H,11-13H2,1-2H3/t18-,19+/m0/s1. The van der Waals surface area contributed by atoms with Gasteiger partial charge in [0.05, 0.1) is 0 Å². The van der Waals surface area contributed by atoms with Gasteiger partial charge in [-0.3, -0.25) is 0 Å². The average Bonchev–Trinajstić information content (AvgIpc) is 2.52. The normalized spacial score (nSPS) is 23.9. The molecular formula is C19H23NO2. The molecule has 1 aliphatic rings. The number of likely N-dealkylation sites (N-methyl/N-ethyl adjacent to an activating group) is 1. The molecule has 0 aliphatic heterocycles. The molecule has 0 saturated carbocycles. The number of hydrogen-bond acceptors (Lipinski definition) is 3. The molecule has 3 heteroatoms. The predicted molar refractivity (Wildman–Crippen MR) is 88.2 cm³/mol. The Morgan fingerprint density at radius 3 is 2.68 bits per heavy atom. The first-order valence-electron chi connectivity index (χ1n) is 7.81. The van der Waals surface area contributed by atoms with Gasteiger partial charge in [0.25, 0.3) is 0 Å². The second-order valence-corrected chi connectivity index (χ2v) is 6.10. The van der Waals surface area contributed by atoms with Crippen molar-refractivity contribution >= 4 is 0 Å². The number of hydrogen-bond donors (Lipinski definition) is 2. The number of nitrogens with one attached hydrogen (secondary N) is 1. The second kappa shape index (κ2) is 6.11. The Morgan fingerprint density at radius 2 is 1.91 bits per heavy atom. The van der Waals surface area contributed by atoms with Crippen molar-refractivity contribution in [1.29, 1.82) is 0 Å². The SMILES string of the molecule is CNC[C@]1(O)CCc2ccccc2[C@@H]1Oc1ccccc1C.